The van der Waals surface area contributed by atoms with Crippen LogP contribution in [0.4, 0.5) is 0 Å². The SMILES string of the molecule is CNCc1nnc(OC2CC(C)OC(C)C2)s1. The van der Waals surface area contributed by atoms with Crippen LogP contribution in [-0.2, 0) is 11.3 Å². The van der Waals surface area contributed by atoms with E-state index in [1.165, 1.54) is 11.3 Å². The van der Waals surface area contributed by atoms with Crippen LogP contribution in [0.2, 0.25) is 0 Å². The van der Waals surface area contributed by atoms with Gasteiger partial charge in [-0.2, -0.15) is 0 Å². The third-order valence-corrected chi connectivity index (χ3v) is 3.51. The maximum Gasteiger partial charge on any atom is 0.294 e. The van der Waals surface area contributed by atoms with Crippen LogP contribution in [0.3, 0.4) is 0 Å². The van der Waals surface area contributed by atoms with Crippen LogP contribution in [0.25, 0.3) is 0 Å². The van der Waals surface area contributed by atoms with Gasteiger partial charge >= 0.3 is 0 Å². The fourth-order valence-electron chi connectivity index (χ4n) is 2.09. The van der Waals surface area contributed by atoms with Crippen molar-refractivity contribution in [2.24, 2.45) is 0 Å². The Kier molecular flexibility index (Phi) is 4.31. The molecule has 1 fully saturated rings. The fourth-order valence-corrected chi connectivity index (χ4v) is 2.86. The van der Waals surface area contributed by atoms with E-state index in [9.17, 15) is 0 Å². The zero-order valence-electron chi connectivity index (χ0n) is 10.5. The molecule has 0 aliphatic carbocycles. The summed E-state index contributed by atoms with van der Waals surface area (Å²) in [6, 6.07) is 0. The predicted molar refractivity (Wildman–Crippen MR) is 66.3 cm³/mol. The minimum absolute atomic E-state index is 0.198. The standard InChI is InChI=1S/C11H19N3O2S/c1-7-4-9(5-8(2)15-7)16-11-14-13-10(17-11)6-12-3/h7-9,12H,4-6H2,1-3H3. The molecule has 1 aromatic heterocycles. The quantitative estimate of drug-likeness (QED) is 0.887. The third kappa shape index (κ3) is 3.62. The van der Waals surface area contributed by atoms with E-state index in [0.29, 0.717) is 5.19 Å². The van der Waals surface area contributed by atoms with Crippen molar-refractivity contribution in [2.45, 2.75) is 51.5 Å². The lowest BCUT2D eigenvalue weighted by Crippen LogP contribution is -2.35. The van der Waals surface area contributed by atoms with Crippen LogP contribution >= 0.6 is 11.3 Å². The Balaban J connectivity index is 1.90. The summed E-state index contributed by atoms with van der Waals surface area (Å²) in [4.78, 5) is 0. The first-order valence-electron chi connectivity index (χ1n) is 5.96. The van der Waals surface area contributed by atoms with E-state index >= 15 is 0 Å². The summed E-state index contributed by atoms with van der Waals surface area (Å²) < 4.78 is 11.5. The molecule has 2 rings (SSSR count). The van der Waals surface area contributed by atoms with Crippen LogP contribution in [0.15, 0.2) is 0 Å². The van der Waals surface area contributed by atoms with E-state index in [4.69, 9.17) is 9.47 Å². The van der Waals surface area contributed by atoms with Crippen molar-refractivity contribution < 1.29 is 9.47 Å². The number of nitrogens with one attached hydrogen (secondary N) is 1. The Bertz CT molecular complexity index is 348. The Labute approximate surface area is 106 Å². The molecule has 0 saturated carbocycles. The highest BCUT2D eigenvalue weighted by Gasteiger charge is 2.26. The van der Waals surface area contributed by atoms with Crippen molar-refractivity contribution in [1.29, 1.82) is 0 Å². The summed E-state index contributed by atoms with van der Waals surface area (Å²) in [5.41, 5.74) is 0. The molecule has 0 amide bonds. The maximum absolute atomic E-state index is 5.86. The molecule has 0 bridgehead atoms. The average Bonchev–Trinajstić information content (AvgIpc) is 2.64. The van der Waals surface area contributed by atoms with Gasteiger partial charge in [0, 0.05) is 19.4 Å². The minimum atomic E-state index is 0.198. The normalized spacial score (nSPS) is 29.2. The van der Waals surface area contributed by atoms with Gasteiger partial charge in [0.25, 0.3) is 5.19 Å². The van der Waals surface area contributed by atoms with Gasteiger partial charge in [0.2, 0.25) is 0 Å². The van der Waals surface area contributed by atoms with Crippen LogP contribution in [0.1, 0.15) is 31.7 Å². The molecule has 1 saturated heterocycles. The van der Waals surface area contributed by atoms with Gasteiger partial charge in [-0.3, -0.25) is 0 Å². The highest BCUT2D eigenvalue weighted by atomic mass is 32.1. The van der Waals surface area contributed by atoms with Crippen molar-refractivity contribution in [2.75, 3.05) is 7.05 Å². The van der Waals surface area contributed by atoms with Crippen molar-refractivity contribution in [3.63, 3.8) is 0 Å². The number of nitrogens with zero attached hydrogens (tertiary/aromatic N) is 2. The van der Waals surface area contributed by atoms with E-state index in [1.807, 2.05) is 7.05 Å². The molecule has 0 radical (unpaired) electrons. The van der Waals surface area contributed by atoms with E-state index < -0.39 is 0 Å². The molecule has 2 unspecified atom stereocenters. The van der Waals surface area contributed by atoms with E-state index in [2.05, 4.69) is 29.4 Å². The summed E-state index contributed by atoms with van der Waals surface area (Å²) in [5, 5.41) is 12.8. The lowest BCUT2D eigenvalue weighted by molar-refractivity contribution is -0.0722. The van der Waals surface area contributed by atoms with Crippen LogP contribution in [0, 0.1) is 0 Å². The largest absolute Gasteiger partial charge is 0.465 e. The smallest absolute Gasteiger partial charge is 0.294 e. The monoisotopic (exact) mass is 257 g/mol. The minimum Gasteiger partial charge on any atom is -0.465 e. The van der Waals surface area contributed by atoms with E-state index in [0.717, 1.165) is 24.4 Å². The Morgan fingerprint density at radius 1 is 1.35 bits per heavy atom. The first-order chi connectivity index (χ1) is 8.17. The molecule has 2 heterocycles. The molecule has 0 spiro atoms. The van der Waals surface area contributed by atoms with Gasteiger partial charge in [0.15, 0.2) is 0 Å². The molecular weight excluding hydrogens is 238 g/mol. The number of hydrogen-bond acceptors (Lipinski definition) is 6. The summed E-state index contributed by atoms with van der Waals surface area (Å²) in [5.74, 6) is 0. The fraction of sp³-hybridized carbons (Fsp3) is 0.818. The molecular formula is C11H19N3O2S. The van der Waals surface area contributed by atoms with Gasteiger partial charge in [-0.05, 0) is 20.9 Å². The first-order valence-corrected chi connectivity index (χ1v) is 6.78. The molecule has 0 aromatic carbocycles. The lowest BCUT2D eigenvalue weighted by Gasteiger charge is -2.31. The summed E-state index contributed by atoms with van der Waals surface area (Å²) in [6.07, 6.45) is 2.56. The molecule has 6 heteroatoms. The zero-order chi connectivity index (χ0) is 12.3. The second kappa shape index (κ2) is 5.75. The number of ether oxygens (including phenoxy) is 2. The first kappa shape index (κ1) is 12.7. The van der Waals surface area contributed by atoms with Gasteiger partial charge in [-0.1, -0.05) is 16.4 Å². The highest BCUT2D eigenvalue weighted by Crippen LogP contribution is 2.26. The number of hydrogen-bond donors (Lipinski definition) is 1. The van der Waals surface area contributed by atoms with Crippen molar-refractivity contribution in [3.8, 4) is 5.19 Å². The Morgan fingerprint density at radius 3 is 2.71 bits per heavy atom. The topological polar surface area (TPSA) is 56.3 Å². The van der Waals surface area contributed by atoms with Gasteiger partial charge in [-0.15, -0.1) is 5.10 Å². The van der Waals surface area contributed by atoms with E-state index in [1.54, 1.807) is 0 Å². The van der Waals surface area contributed by atoms with Gasteiger partial charge in [0.05, 0.1) is 12.2 Å². The predicted octanol–water partition coefficient (Wildman–Crippen LogP) is 1.59. The molecule has 2 atom stereocenters. The Morgan fingerprint density at radius 2 is 2.06 bits per heavy atom. The zero-order valence-corrected chi connectivity index (χ0v) is 11.3. The maximum atomic E-state index is 5.86. The highest BCUT2D eigenvalue weighted by molar-refractivity contribution is 7.13. The molecule has 5 nitrogen and oxygen atoms in total. The van der Waals surface area contributed by atoms with Crippen LogP contribution < -0.4 is 10.1 Å². The summed E-state index contributed by atoms with van der Waals surface area (Å²) in [7, 11) is 1.89. The third-order valence-electron chi connectivity index (χ3n) is 2.70. The number of aromatic nitrogens is 2. The second-order valence-electron chi connectivity index (χ2n) is 4.46. The van der Waals surface area contributed by atoms with Gasteiger partial charge in [0.1, 0.15) is 11.1 Å². The molecule has 1 N–H and O–H groups in total. The van der Waals surface area contributed by atoms with Crippen LogP contribution in [0.5, 0.6) is 5.19 Å². The summed E-state index contributed by atoms with van der Waals surface area (Å²) in [6.45, 7) is 4.90. The second-order valence-corrected chi connectivity index (χ2v) is 5.49. The van der Waals surface area contributed by atoms with E-state index in [-0.39, 0.29) is 18.3 Å². The van der Waals surface area contributed by atoms with Gasteiger partial charge < -0.3 is 14.8 Å². The van der Waals surface area contributed by atoms with Crippen molar-refractivity contribution in [1.82, 2.24) is 15.5 Å². The van der Waals surface area contributed by atoms with Crippen molar-refractivity contribution in [3.05, 3.63) is 5.01 Å². The molecule has 1 aliphatic heterocycles. The molecule has 1 aromatic rings. The van der Waals surface area contributed by atoms with Crippen molar-refractivity contribution >= 4 is 11.3 Å². The molecule has 17 heavy (non-hydrogen) atoms. The van der Waals surface area contributed by atoms with Gasteiger partial charge in [-0.25, -0.2) is 0 Å². The Hall–Kier alpha value is -0.720. The molecule has 96 valence electrons. The molecule has 1 aliphatic rings. The lowest BCUT2D eigenvalue weighted by atomic mass is 10.0. The average molecular weight is 257 g/mol. The summed E-state index contributed by atoms with van der Waals surface area (Å²) >= 11 is 1.51. The number of rotatable bonds is 4. The van der Waals surface area contributed by atoms with Crippen LogP contribution in [-0.4, -0.2) is 35.6 Å².